The summed E-state index contributed by atoms with van der Waals surface area (Å²) < 4.78 is 0. The van der Waals surface area contributed by atoms with E-state index in [-0.39, 0.29) is 0 Å². The fourth-order valence-electron chi connectivity index (χ4n) is 2.10. The lowest BCUT2D eigenvalue weighted by Gasteiger charge is -2.17. The predicted octanol–water partition coefficient (Wildman–Crippen LogP) is 3.47. The topological polar surface area (TPSA) is 24.9 Å². The molecule has 96 valence electrons. The highest BCUT2D eigenvalue weighted by atomic mass is 32.1. The SMILES string of the molecule is CCNCC(CCc1nccs1)c1ccccc1. The highest BCUT2D eigenvalue weighted by Gasteiger charge is 2.11. The summed E-state index contributed by atoms with van der Waals surface area (Å²) in [5.74, 6) is 0.579. The molecule has 1 N–H and O–H groups in total. The molecule has 0 saturated heterocycles. The summed E-state index contributed by atoms with van der Waals surface area (Å²) in [7, 11) is 0. The van der Waals surface area contributed by atoms with Crippen molar-refractivity contribution in [2.45, 2.75) is 25.7 Å². The van der Waals surface area contributed by atoms with Crippen LogP contribution in [0.3, 0.4) is 0 Å². The second-order valence-electron chi connectivity index (χ2n) is 4.38. The van der Waals surface area contributed by atoms with Crippen molar-refractivity contribution in [1.29, 1.82) is 0 Å². The maximum Gasteiger partial charge on any atom is 0.0925 e. The fraction of sp³-hybridized carbons (Fsp3) is 0.400. The lowest BCUT2D eigenvalue weighted by molar-refractivity contribution is 0.561. The van der Waals surface area contributed by atoms with Crippen molar-refractivity contribution in [1.82, 2.24) is 10.3 Å². The minimum atomic E-state index is 0.579. The molecule has 18 heavy (non-hydrogen) atoms. The molecule has 0 aliphatic rings. The number of nitrogens with one attached hydrogen (secondary N) is 1. The van der Waals surface area contributed by atoms with Crippen LogP contribution in [-0.4, -0.2) is 18.1 Å². The highest BCUT2D eigenvalue weighted by molar-refractivity contribution is 7.09. The second-order valence-corrected chi connectivity index (χ2v) is 5.36. The first-order valence-electron chi connectivity index (χ1n) is 6.54. The summed E-state index contributed by atoms with van der Waals surface area (Å²) in [6.07, 6.45) is 4.12. The Morgan fingerprint density at radius 1 is 1.28 bits per heavy atom. The number of aromatic nitrogens is 1. The molecule has 1 heterocycles. The molecule has 0 aliphatic heterocycles. The van der Waals surface area contributed by atoms with Gasteiger partial charge in [-0.25, -0.2) is 4.98 Å². The molecular weight excluding hydrogens is 240 g/mol. The predicted molar refractivity (Wildman–Crippen MR) is 78.2 cm³/mol. The van der Waals surface area contributed by atoms with Crippen LogP contribution >= 0.6 is 11.3 Å². The molecule has 2 rings (SSSR count). The van der Waals surface area contributed by atoms with Gasteiger partial charge in [0, 0.05) is 18.1 Å². The number of likely N-dealkylation sites (N-methyl/N-ethyl adjacent to an activating group) is 1. The van der Waals surface area contributed by atoms with E-state index in [1.165, 1.54) is 10.6 Å². The maximum absolute atomic E-state index is 4.36. The molecule has 0 amide bonds. The number of benzene rings is 1. The molecule has 2 aromatic rings. The van der Waals surface area contributed by atoms with Crippen LogP contribution in [0.5, 0.6) is 0 Å². The maximum atomic E-state index is 4.36. The van der Waals surface area contributed by atoms with Crippen molar-refractivity contribution in [2.75, 3.05) is 13.1 Å². The van der Waals surface area contributed by atoms with Gasteiger partial charge in [-0.1, -0.05) is 37.3 Å². The first-order valence-corrected chi connectivity index (χ1v) is 7.42. The first kappa shape index (κ1) is 13.2. The number of rotatable bonds is 7. The van der Waals surface area contributed by atoms with E-state index in [0.29, 0.717) is 5.92 Å². The Hall–Kier alpha value is -1.19. The summed E-state index contributed by atoms with van der Waals surface area (Å²) in [6.45, 7) is 4.23. The van der Waals surface area contributed by atoms with E-state index < -0.39 is 0 Å². The Morgan fingerprint density at radius 2 is 2.11 bits per heavy atom. The van der Waals surface area contributed by atoms with Crippen molar-refractivity contribution in [3.8, 4) is 0 Å². The van der Waals surface area contributed by atoms with Gasteiger partial charge in [-0.2, -0.15) is 0 Å². The number of thiazole rings is 1. The molecule has 0 bridgehead atoms. The van der Waals surface area contributed by atoms with Gasteiger partial charge in [0.2, 0.25) is 0 Å². The Kier molecular flexibility index (Phi) is 5.36. The molecule has 0 radical (unpaired) electrons. The van der Waals surface area contributed by atoms with Crippen LogP contribution in [0, 0.1) is 0 Å². The monoisotopic (exact) mass is 260 g/mol. The van der Waals surface area contributed by atoms with E-state index in [9.17, 15) is 0 Å². The summed E-state index contributed by atoms with van der Waals surface area (Å²) in [5.41, 5.74) is 1.43. The van der Waals surface area contributed by atoms with Crippen LogP contribution < -0.4 is 5.32 Å². The van der Waals surface area contributed by atoms with E-state index >= 15 is 0 Å². The van der Waals surface area contributed by atoms with Crippen LogP contribution in [-0.2, 0) is 6.42 Å². The lowest BCUT2D eigenvalue weighted by Crippen LogP contribution is -2.21. The van der Waals surface area contributed by atoms with Crippen molar-refractivity contribution in [3.05, 3.63) is 52.5 Å². The van der Waals surface area contributed by atoms with E-state index in [1.807, 2.05) is 6.20 Å². The van der Waals surface area contributed by atoms with Gasteiger partial charge >= 0.3 is 0 Å². The van der Waals surface area contributed by atoms with Crippen molar-refractivity contribution in [2.24, 2.45) is 0 Å². The normalized spacial score (nSPS) is 12.5. The molecule has 2 nitrogen and oxygen atoms in total. The standard InChI is InChI=1S/C15H20N2S/c1-2-16-12-14(13-6-4-3-5-7-13)8-9-15-17-10-11-18-15/h3-7,10-11,14,16H,2,8-9,12H2,1H3. The van der Waals surface area contributed by atoms with Gasteiger partial charge in [-0.05, 0) is 30.9 Å². The van der Waals surface area contributed by atoms with Gasteiger partial charge in [-0.3, -0.25) is 0 Å². The number of hydrogen-bond acceptors (Lipinski definition) is 3. The molecule has 1 aromatic heterocycles. The molecule has 1 atom stereocenters. The Balaban J connectivity index is 1.96. The quantitative estimate of drug-likeness (QED) is 0.824. The smallest absolute Gasteiger partial charge is 0.0925 e. The number of aryl methyl sites for hydroxylation is 1. The van der Waals surface area contributed by atoms with Crippen LogP contribution in [0.25, 0.3) is 0 Å². The van der Waals surface area contributed by atoms with Gasteiger partial charge in [0.05, 0.1) is 5.01 Å². The second kappa shape index (κ2) is 7.29. The van der Waals surface area contributed by atoms with Crippen molar-refractivity contribution < 1.29 is 0 Å². The highest BCUT2D eigenvalue weighted by Crippen LogP contribution is 2.21. The first-order chi connectivity index (χ1) is 8.90. The Morgan fingerprint density at radius 3 is 2.78 bits per heavy atom. The molecule has 0 aliphatic carbocycles. The van der Waals surface area contributed by atoms with Gasteiger partial charge < -0.3 is 5.32 Å². The average Bonchev–Trinajstić information content (AvgIpc) is 2.93. The van der Waals surface area contributed by atoms with Crippen molar-refractivity contribution in [3.63, 3.8) is 0 Å². The summed E-state index contributed by atoms with van der Waals surface area (Å²) in [4.78, 5) is 4.36. The van der Waals surface area contributed by atoms with E-state index in [4.69, 9.17) is 0 Å². The average molecular weight is 260 g/mol. The third kappa shape index (κ3) is 3.93. The van der Waals surface area contributed by atoms with Gasteiger partial charge in [0.1, 0.15) is 0 Å². The zero-order chi connectivity index (χ0) is 12.6. The molecule has 1 unspecified atom stereocenters. The van der Waals surface area contributed by atoms with Crippen LogP contribution in [0.4, 0.5) is 0 Å². The number of hydrogen-bond donors (Lipinski definition) is 1. The molecule has 0 saturated carbocycles. The molecule has 3 heteroatoms. The minimum Gasteiger partial charge on any atom is -0.316 e. The van der Waals surface area contributed by atoms with Crippen LogP contribution in [0.2, 0.25) is 0 Å². The van der Waals surface area contributed by atoms with Gasteiger partial charge in [0.25, 0.3) is 0 Å². The zero-order valence-corrected chi connectivity index (χ0v) is 11.6. The van der Waals surface area contributed by atoms with Crippen LogP contribution in [0.1, 0.15) is 29.8 Å². The fourth-order valence-corrected chi connectivity index (χ4v) is 2.74. The molecule has 0 spiro atoms. The minimum absolute atomic E-state index is 0.579. The van der Waals surface area contributed by atoms with Gasteiger partial charge in [-0.15, -0.1) is 11.3 Å². The zero-order valence-electron chi connectivity index (χ0n) is 10.8. The van der Waals surface area contributed by atoms with Crippen molar-refractivity contribution >= 4 is 11.3 Å². The van der Waals surface area contributed by atoms with E-state index in [2.05, 4.69) is 52.9 Å². The summed E-state index contributed by atoms with van der Waals surface area (Å²) in [6, 6.07) is 10.8. The van der Waals surface area contributed by atoms with Crippen LogP contribution in [0.15, 0.2) is 41.9 Å². The van der Waals surface area contributed by atoms with Gasteiger partial charge in [0.15, 0.2) is 0 Å². The van der Waals surface area contributed by atoms with E-state index in [1.54, 1.807) is 11.3 Å². The molecule has 0 fully saturated rings. The number of nitrogens with zero attached hydrogens (tertiary/aromatic N) is 1. The molecular formula is C15H20N2S. The van der Waals surface area contributed by atoms with E-state index in [0.717, 1.165) is 25.9 Å². The lowest BCUT2D eigenvalue weighted by atomic mass is 9.94. The third-order valence-electron chi connectivity index (χ3n) is 3.10. The molecule has 1 aromatic carbocycles. The summed E-state index contributed by atoms with van der Waals surface area (Å²) >= 11 is 1.75. The largest absolute Gasteiger partial charge is 0.316 e. The Bertz CT molecular complexity index is 425. The third-order valence-corrected chi connectivity index (χ3v) is 3.94. The summed E-state index contributed by atoms with van der Waals surface area (Å²) in [5, 5.41) is 6.76. The Labute approximate surface area is 113 Å².